The first-order valence-electron chi connectivity index (χ1n) is 16.2. The number of hydrogen-bond donors (Lipinski definition) is 3. The van der Waals surface area contributed by atoms with Crippen LogP contribution in [0.4, 0.5) is 11.4 Å². The summed E-state index contributed by atoms with van der Waals surface area (Å²) >= 11 is 1.41. The summed E-state index contributed by atoms with van der Waals surface area (Å²) in [5.41, 5.74) is 4.42. The molecule has 7 nitrogen and oxygen atoms in total. The SMILES string of the molecule is CCCCOc1ccc(NC(=O)C(Sc2ccc(NC(=O)/C(=C/c3ccccc3C)NC(=O)c3ccccc3)cc2)c2ccccc2)cc1. The molecule has 0 radical (unpaired) electrons. The van der Waals surface area contributed by atoms with Crippen molar-refractivity contribution in [2.75, 3.05) is 17.2 Å². The van der Waals surface area contributed by atoms with Gasteiger partial charge in [-0.3, -0.25) is 14.4 Å². The third-order valence-corrected chi connectivity index (χ3v) is 8.88. The van der Waals surface area contributed by atoms with Gasteiger partial charge in [0.1, 0.15) is 16.7 Å². The lowest BCUT2D eigenvalue weighted by Gasteiger charge is -2.18. The van der Waals surface area contributed by atoms with Crippen LogP contribution in [-0.4, -0.2) is 24.3 Å². The molecule has 0 fully saturated rings. The maximum atomic E-state index is 13.6. The summed E-state index contributed by atoms with van der Waals surface area (Å²) in [6.07, 6.45) is 3.72. The molecule has 0 saturated carbocycles. The van der Waals surface area contributed by atoms with Crippen molar-refractivity contribution in [3.8, 4) is 5.75 Å². The zero-order valence-electron chi connectivity index (χ0n) is 27.5. The second-order valence-corrected chi connectivity index (χ2v) is 12.5. The van der Waals surface area contributed by atoms with E-state index in [9.17, 15) is 14.4 Å². The standard InChI is InChI=1S/C41H39N3O4S/c1-3-4-27-48-35-23-19-33(20-24-35)43-41(47)38(30-14-7-5-8-15-30)49-36-25-21-34(22-26-36)42-40(46)37(28-32-18-12-11-13-29(32)2)44-39(45)31-16-9-6-10-17-31/h5-26,28,38H,3-4,27H2,1-2H3,(H,42,46)(H,43,47)(H,44,45)/b37-28-. The molecule has 1 unspecified atom stereocenters. The monoisotopic (exact) mass is 669 g/mol. The van der Waals surface area contributed by atoms with Gasteiger partial charge in [0, 0.05) is 21.8 Å². The second kappa shape index (κ2) is 17.5. The van der Waals surface area contributed by atoms with Crippen LogP contribution in [0.15, 0.2) is 144 Å². The highest BCUT2D eigenvalue weighted by Gasteiger charge is 2.23. The van der Waals surface area contributed by atoms with Crippen LogP contribution in [0, 0.1) is 6.92 Å². The van der Waals surface area contributed by atoms with Crippen molar-refractivity contribution in [1.29, 1.82) is 0 Å². The lowest BCUT2D eigenvalue weighted by atomic mass is 10.1. The highest BCUT2D eigenvalue weighted by Crippen LogP contribution is 2.37. The minimum Gasteiger partial charge on any atom is -0.494 e. The first-order chi connectivity index (χ1) is 23.9. The van der Waals surface area contributed by atoms with E-state index in [0.29, 0.717) is 23.5 Å². The van der Waals surface area contributed by atoms with E-state index in [0.717, 1.165) is 40.2 Å². The van der Waals surface area contributed by atoms with Crippen molar-refractivity contribution in [3.05, 3.63) is 161 Å². The molecule has 5 rings (SSSR count). The van der Waals surface area contributed by atoms with Crippen molar-refractivity contribution < 1.29 is 19.1 Å². The maximum absolute atomic E-state index is 13.6. The Labute approximate surface area is 291 Å². The Bertz CT molecular complexity index is 1880. The van der Waals surface area contributed by atoms with Crippen molar-refractivity contribution >= 4 is 46.9 Å². The van der Waals surface area contributed by atoms with Crippen molar-refractivity contribution in [2.24, 2.45) is 0 Å². The van der Waals surface area contributed by atoms with Crippen molar-refractivity contribution in [2.45, 2.75) is 36.8 Å². The van der Waals surface area contributed by atoms with Gasteiger partial charge in [-0.05, 0) is 96.8 Å². The molecule has 0 bridgehead atoms. The van der Waals surface area contributed by atoms with Gasteiger partial charge in [-0.25, -0.2) is 0 Å². The van der Waals surface area contributed by atoms with E-state index in [1.54, 1.807) is 42.5 Å². The molecule has 248 valence electrons. The molecular weight excluding hydrogens is 631 g/mol. The average molecular weight is 670 g/mol. The number of anilines is 2. The Morgan fingerprint density at radius 1 is 0.735 bits per heavy atom. The van der Waals surface area contributed by atoms with Crippen molar-refractivity contribution in [1.82, 2.24) is 5.32 Å². The normalized spacial score (nSPS) is 11.7. The van der Waals surface area contributed by atoms with E-state index in [1.165, 1.54) is 11.8 Å². The van der Waals surface area contributed by atoms with Crippen LogP contribution in [0.2, 0.25) is 0 Å². The van der Waals surface area contributed by atoms with Crippen LogP contribution in [0.5, 0.6) is 5.75 Å². The molecule has 0 spiro atoms. The van der Waals surface area contributed by atoms with Crippen LogP contribution in [0.25, 0.3) is 6.08 Å². The predicted octanol–water partition coefficient (Wildman–Crippen LogP) is 9.06. The minimum absolute atomic E-state index is 0.114. The largest absolute Gasteiger partial charge is 0.494 e. The second-order valence-electron chi connectivity index (χ2n) is 11.3. The van der Waals surface area contributed by atoms with E-state index in [2.05, 4.69) is 22.9 Å². The van der Waals surface area contributed by atoms with Crippen LogP contribution < -0.4 is 20.7 Å². The number of aryl methyl sites for hydroxylation is 1. The maximum Gasteiger partial charge on any atom is 0.272 e. The van der Waals surface area contributed by atoms with Gasteiger partial charge < -0.3 is 20.7 Å². The average Bonchev–Trinajstić information content (AvgIpc) is 3.13. The van der Waals surface area contributed by atoms with Crippen LogP contribution in [-0.2, 0) is 9.59 Å². The van der Waals surface area contributed by atoms with Gasteiger partial charge in [-0.2, -0.15) is 0 Å². The number of carbonyl (C=O) groups is 3. The third-order valence-electron chi connectivity index (χ3n) is 7.61. The summed E-state index contributed by atoms with van der Waals surface area (Å²) in [5.74, 6) is -0.238. The van der Waals surface area contributed by atoms with E-state index >= 15 is 0 Å². The molecule has 1 atom stereocenters. The van der Waals surface area contributed by atoms with E-state index in [-0.39, 0.29) is 17.5 Å². The number of amides is 3. The van der Waals surface area contributed by atoms with Crippen LogP contribution in [0.3, 0.4) is 0 Å². The van der Waals surface area contributed by atoms with Crippen molar-refractivity contribution in [3.63, 3.8) is 0 Å². The van der Waals surface area contributed by atoms with Gasteiger partial charge in [0.15, 0.2) is 0 Å². The molecule has 0 saturated heterocycles. The van der Waals surface area contributed by atoms with Gasteiger partial charge in [-0.15, -0.1) is 11.8 Å². The molecule has 3 amide bonds. The molecular formula is C41H39N3O4S. The smallest absolute Gasteiger partial charge is 0.272 e. The van der Waals surface area contributed by atoms with Gasteiger partial charge in [0.2, 0.25) is 5.91 Å². The summed E-state index contributed by atoms with van der Waals surface area (Å²) < 4.78 is 5.75. The number of unbranched alkanes of at least 4 members (excludes halogenated alkanes) is 1. The van der Waals surface area contributed by atoms with Crippen LogP contribution >= 0.6 is 11.8 Å². The van der Waals surface area contributed by atoms with Gasteiger partial charge in [0.25, 0.3) is 11.8 Å². The number of rotatable bonds is 14. The van der Waals surface area contributed by atoms with Gasteiger partial charge in [0.05, 0.1) is 6.61 Å². The third kappa shape index (κ3) is 10.2. The molecule has 49 heavy (non-hydrogen) atoms. The molecule has 0 aliphatic heterocycles. The molecule has 3 N–H and O–H groups in total. The Morgan fingerprint density at radius 3 is 2.02 bits per heavy atom. The topological polar surface area (TPSA) is 96.5 Å². The van der Waals surface area contributed by atoms with E-state index < -0.39 is 11.2 Å². The zero-order valence-corrected chi connectivity index (χ0v) is 28.3. The van der Waals surface area contributed by atoms with Gasteiger partial charge >= 0.3 is 0 Å². The highest BCUT2D eigenvalue weighted by atomic mass is 32.2. The summed E-state index contributed by atoms with van der Waals surface area (Å²) in [5, 5.41) is 8.21. The number of ether oxygens (including phenoxy) is 1. The Balaban J connectivity index is 1.29. The zero-order chi connectivity index (χ0) is 34.4. The lowest BCUT2D eigenvalue weighted by molar-refractivity contribution is -0.116. The summed E-state index contributed by atoms with van der Waals surface area (Å²) in [6.45, 7) is 4.72. The Hall–Kier alpha value is -5.60. The number of benzene rings is 5. The van der Waals surface area contributed by atoms with Gasteiger partial charge in [-0.1, -0.05) is 86.1 Å². The fourth-order valence-corrected chi connectivity index (χ4v) is 5.90. The summed E-state index contributed by atoms with van der Waals surface area (Å²) in [4.78, 5) is 41.0. The number of hydrogen-bond acceptors (Lipinski definition) is 5. The fraction of sp³-hybridized carbons (Fsp3) is 0.146. The Morgan fingerprint density at radius 2 is 1.35 bits per heavy atom. The molecule has 0 heterocycles. The van der Waals surface area contributed by atoms with E-state index in [4.69, 9.17) is 4.74 Å². The molecule has 5 aromatic carbocycles. The number of carbonyl (C=O) groups excluding carboxylic acids is 3. The first-order valence-corrected chi connectivity index (χ1v) is 17.1. The molecule has 0 aromatic heterocycles. The first kappa shape index (κ1) is 34.7. The predicted molar refractivity (Wildman–Crippen MR) is 199 cm³/mol. The number of nitrogens with one attached hydrogen (secondary N) is 3. The lowest BCUT2D eigenvalue weighted by Crippen LogP contribution is -2.30. The molecule has 5 aromatic rings. The van der Waals surface area contributed by atoms with E-state index in [1.807, 2.05) is 104 Å². The number of thioether (sulfide) groups is 1. The Kier molecular flexibility index (Phi) is 12.4. The quantitative estimate of drug-likeness (QED) is 0.0623. The summed E-state index contributed by atoms with van der Waals surface area (Å²) in [7, 11) is 0. The summed E-state index contributed by atoms with van der Waals surface area (Å²) in [6, 6.07) is 40.7. The minimum atomic E-state index is -0.529. The molecule has 0 aliphatic carbocycles. The highest BCUT2D eigenvalue weighted by molar-refractivity contribution is 8.00. The molecule has 8 heteroatoms. The fourth-order valence-electron chi connectivity index (χ4n) is 4.88. The van der Waals surface area contributed by atoms with Crippen LogP contribution in [0.1, 0.15) is 52.1 Å². The molecule has 0 aliphatic rings.